The normalized spacial score (nSPS) is 16.9. The number of furan rings is 1. The lowest BCUT2D eigenvalue weighted by Gasteiger charge is -2.24. The van der Waals surface area contributed by atoms with Crippen molar-refractivity contribution in [2.24, 2.45) is 5.92 Å². The van der Waals surface area contributed by atoms with Gasteiger partial charge in [0.15, 0.2) is 0 Å². The maximum Gasteiger partial charge on any atom is 0.326 e. The molecule has 0 unspecified atom stereocenters. The summed E-state index contributed by atoms with van der Waals surface area (Å²) in [5.41, 5.74) is 0.561. The summed E-state index contributed by atoms with van der Waals surface area (Å²) in [5, 5.41) is 10.4. The molecule has 2 aromatic rings. The van der Waals surface area contributed by atoms with E-state index in [1.165, 1.54) is 4.90 Å². The number of thioether (sulfide) groups is 1. The second kappa shape index (κ2) is 8.92. The standard InChI is InChI=1S/C20H17Cl2NO4S2/c1-10(2)8-14(19(25)26)23-18(24)16(29-20(23)28)9-11-6-7-15(27-11)17-12(21)4-3-5-13(17)22/h3-7,9-10,14H,8H2,1-2H3,(H,25,26)/b16-9+/t14-/m0/s1. The molecule has 1 atom stereocenters. The first-order chi connectivity index (χ1) is 13.7. The molecule has 0 aliphatic carbocycles. The minimum absolute atomic E-state index is 0.0951. The number of hydrogen-bond donors (Lipinski definition) is 1. The van der Waals surface area contributed by atoms with Gasteiger partial charge in [0.25, 0.3) is 5.91 Å². The number of carboxylic acids is 1. The number of carbonyl (C=O) groups is 2. The maximum atomic E-state index is 12.8. The highest BCUT2D eigenvalue weighted by molar-refractivity contribution is 8.26. The zero-order chi connectivity index (χ0) is 21.3. The Hall–Kier alpha value is -1.80. The van der Waals surface area contributed by atoms with Gasteiger partial charge in [-0.05, 0) is 36.6 Å². The maximum absolute atomic E-state index is 12.8. The number of nitrogens with zero attached hydrogens (tertiary/aromatic N) is 1. The van der Waals surface area contributed by atoms with Gasteiger partial charge in [-0.25, -0.2) is 4.79 Å². The Morgan fingerprint density at radius 1 is 1.28 bits per heavy atom. The zero-order valence-electron chi connectivity index (χ0n) is 15.5. The zero-order valence-corrected chi connectivity index (χ0v) is 18.7. The van der Waals surface area contributed by atoms with Crippen LogP contribution in [0, 0.1) is 5.92 Å². The van der Waals surface area contributed by atoms with Crippen molar-refractivity contribution in [1.82, 2.24) is 4.90 Å². The van der Waals surface area contributed by atoms with Crippen molar-refractivity contribution in [1.29, 1.82) is 0 Å². The van der Waals surface area contributed by atoms with Gasteiger partial charge in [0.2, 0.25) is 0 Å². The highest BCUT2D eigenvalue weighted by atomic mass is 35.5. The number of benzene rings is 1. The largest absolute Gasteiger partial charge is 0.480 e. The number of amides is 1. The second-order valence-electron chi connectivity index (χ2n) is 6.83. The summed E-state index contributed by atoms with van der Waals surface area (Å²) in [7, 11) is 0. The number of aliphatic carboxylic acids is 1. The fraction of sp³-hybridized carbons (Fsp3) is 0.250. The van der Waals surface area contributed by atoms with Crippen LogP contribution < -0.4 is 0 Å². The number of halogens is 2. The highest BCUT2D eigenvalue weighted by Gasteiger charge is 2.40. The third-order valence-corrected chi connectivity index (χ3v) is 6.18. The van der Waals surface area contributed by atoms with E-state index in [4.69, 9.17) is 39.8 Å². The van der Waals surface area contributed by atoms with E-state index in [9.17, 15) is 14.7 Å². The summed E-state index contributed by atoms with van der Waals surface area (Å²) in [6.07, 6.45) is 1.85. The van der Waals surface area contributed by atoms with Gasteiger partial charge in [0, 0.05) is 6.08 Å². The van der Waals surface area contributed by atoms with Crippen LogP contribution >= 0.6 is 47.2 Å². The molecule has 1 aliphatic rings. The monoisotopic (exact) mass is 469 g/mol. The van der Waals surface area contributed by atoms with Crippen LogP contribution in [0.2, 0.25) is 10.0 Å². The molecule has 2 heterocycles. The van der Waals surface area contributed by atoms with E-state index in [0.717, 1.165) is 11.8 Å². The second-order valence-corrected chi connectivity index (χ2v) is 9.32. The molecule has 1 aromatic carbocycles. The molecule has 3 rings (SSSR count). The Morgan fingerprint density at radius 3 is 2.52 bits per heavy atom. The Morgan fingerprint density at radius 2 is 1.93 bits per heavy atom. The number of thiocarbonyl (C=S) groups is 1. The highest BCUT2D eigenvalue weighted by Crippen LogP contribution is 2.38. The average molecular weight is 470 g/mol. The smallest absolute Gasteiger partial charge is 0.326 e. The van der Waals surface area contributed by atoms with E-state index < -0.39 is 17.9 Å². The molecule has 5 nitrogen and oxygen atoms in total. The van der Waals surface area contributed by atoms with Gasteiger partial charge >= 0.3 is 5.97 Å². The van der Waals surface area contributed by atoms with Crippen molar-refractivity contribution in [2.75, 3.05) is 0 Å². The molecule has 1 amide bonds. The molecule has 1 aromatic heterocycles. The molecule has 152 valence electrons. The van der Waals surface area contributed by atoms with Crippen LogP contribution in [0.15, 0.2) is 39.7 Å². The molecule has 29 heavy (non-hydrogen) atoms. The summed E-state index contributed by atoms with van der Waals surface area (Å²) in [4.78, 5) is 26.0. The molecule has 1 fully saturated rings. The molecule has 0 radical (unpaired) electrons. The van der Waals surface area contributed by atoms with Crippen molar-refractivity contribution < 1.29 is 19.1 Å². The topological polar surface area (TPSA) is 70.8 Å². The predicted octanol–water partition coefficient (Wildman–Crippen LogP) is 5.95. The summed E-state index contributed by atoms with van der Waals surface area (Å²) >= 11 is 18.8. The van der Waals surface area contributed by atoms with E-state index in [2.05, 4.69) is 0 Å². The lowest BCUT2D eigenvalue weighted by Crippen LogP contribution is -2.44. The van der Waals surface area contributed by atoms with E-state index in [0.29, 0.717) is 38.5 Å². The lowest BCUT2D eigenvalue weighted by molar-refractivity contribution is -0.145. The number of carbonyl (C=O) groups excluding carboxylic acids is 1. The SMILES string of the molecule is CC(C)C[C@@H](C(=O)O)N1C(=O)/C(=C\c2ccc(-c3c(Cl)cccc3Cl)o2)SC1=S. The van der Waals surface area contributed by atoms with Crippen molar-refractivity contribution >= 4 is 69.5 Å². The predicted molar refractivity (Wildman–Crippen MR) is 120 cm³/mol. The summed E-state index contributed by atoms with van der Waals surface area (Å²) in [5.74, 6) is -0.554. The van der Waals surface area contributed by atoms with Crippen molar-refractivity contribution in [3.63, 3.8) is 0 Å². The van der Waals surface area contributed by atoms with Gasteiger partial charge < -0.3 is 9.52 Å². The fourth-order valence-electron chi connectivity index (χ4n) is 2.94. The quantitative estimate of drug-likeness (QED) is 0.415. The van der Waals surface area contributed by atoms with Gasteiger partial charge in [0.05, 0.1) is 20.5 Å². The molecule has 0 bridgehead atoms. The Labute approximate surface area is 187 Å². The summed E-state index contributed by atoms with van der Waals surface area (Å²) in [6.45, 7) is 3.79. The van der Waals surface area contributed by atoms with Crippen molar-refractivity contribution in [2.45, 2.75) is 26.3 Å². The molecule has 9 heteroatoms. The number of rotatable bonds is 6. The van der Waals surface area contributed by atoms with Crippen LogP contribution in [-0.4, -0.2) is 32.2 Å². The number of carboxylic acid groups (broad SMARTS) is 1. The van der Waals surface area contributed by atoms with Crippen LogP contribution in [0.25, 0.3) is 17.4 Å². The first-order valence-corrected chi connectivity index (χ1v) is 10.7. The van der Waals surface area contributed by atoms with E-state index >= 15 is 0 Å². The van der Waals surface area contributed by atoms with Crippen molar-refractivity contribution in [3.8, 4) is 11.3 Å². The van der Waals surface area contributed by atoms with Crippen LogP contribution in [0.4, 0.5) is 0 Å². The molecule has 0 spiro atoms. The molecular weight excluding hydrogens is 453 g/mol. The van der Waals surface area contributed by atoms with Gasteiger partial charge in [-0.2, -0.15) is 0 Å². The Kier molecular flexibility index (Phi) is 6.73. The fourth-order valence-corrected chi connectivity index (χ4v) is 4.86. The average Bonchev–Trinajstić information content (AvgIpc) is 3.18. The first-order valence-electron chi connectivity index (χ1n) is 8.73. The molecular formula is C20H17Cl2NO4S2. The van der Waals surface area contributed by atoms with Crippen LogP contribution in [0.5, 0.6) is 0 Å². The van der Waals surface area contributed by atoms with E-state index in [1.807, 2.05) is 13.8 Å². The minimum atomic E-state index is -1.08. The number of hydrogen-bond acceptors (Lipinski definition) is 5. The van der Waals surface area contributed by atoms with Crippen LogP contribution in [-0.2, 0) is 9.59 Å². The van der Waals surface area contributed by atoms with Gasteiger partial charge in [-0.1, -0.05) is 67.1 Å². The van der Waals surface area contributed by atoms with E-state index in [1.54, 1.807) is 36.4 Å². The van der Waals surface area contributed by atoms with E-state index in [-0.39, 0.29) is 10.2 Å². The van der Waals surface area contributed by atoms with Crippen LogP contribution in [0.3, 0.4) is 0 Å². The lowest BCUT2D eigenvalue weighted by atomic mass is 10.0. The van der Waals surface area contributed by atoms with Crippen LogP contribution in [0.1, 0.15) is 26.0 Å². The van der Waals surface area contributed by atoms with Crippen molar-refractivity contribution in [3.05, 3.63) is 51.0 Å². The molecule has 1 aliphatic heterocycles. The van der Waals surface area contributed by atoms with Gasteiger partial charge in [-0.3, -0.25) is 9.69 Å². The molecule has 1 N–H and O–H groups in total. The summed E-state index contributed by atoms with van der Waals surface area (Å²) < 4.78 is 6.01. The Balaban J connectivity index is 1.89. The van der Waals surface area contributed by atoms with Gasteiger partial charge in [0.1, 0.15) is 21.9 Å². The Bertz CT molecular complexity index is 995. The third kappa shape index (κ3) is 4.69. The molecule has 1 saturated heterocycles. The van der Waals surface area contributed by atoms with Gasteiger partial charge in [-0.15, -0.1) is 0 Å². The summed E-state index contributed by atoms with van der Waals surface area (Å²) in [6, 6.07) is 7.54. The first kappa shape index (κ1) is 21.9. The third-order valence-electron chi connectivity index (χ3n) is 4.22. The minimum Gasteiger partial charge on any atom is -0.480 e. The molecule has 0 saturated carbocycles.